The van der Waals surface area contributed by atoms with Crippen molar-refractivity contribution in [3.8, 4) is 6.07 Å². The van der Waals surface area contributed by atoms with Gasteiger partial charge in [-0.2, -0.15) is 5.26 Å². The Morgan fingerprint density at radius 2 is 2.10 bits per heavy atom. The Morgan fingerprint density at radius 1 is 1.43 bits per heavy atom. The van der Waals surface area contributed by atoms with E-state index in [1.807, 2.05) is 13.0 Å². The molecule has 7 heteroatoms. The van der Waals surface area contributed by atoms with Crippen molar-refractivity contribution in [3.05, 3.63) is 28.8 Å². The number of nitrogens with zero attached hydrogens (tertiary/aromatic N) is 1. The van der Waals surface area contributed by atoms with E-state index in [0.29, 0.717) is 13.2 Å². The van der Waals surface area contributed by atoms with E-state index in [9.17, 15) is 8.42 Å². The molecular weight excluding hydrogens is 312 g/mol. The molecule has 1 saturated heterocycles. The molecule has 0 spiro atoms. The Hall–Kier alpha value is -1.13. The van der Waals surface area contributed by atoms with Gasteiger partial charge in [-0.15, -0.1) is 0 Å². The first-order valence-corrected chi connectivity index (χ1v) is 8.60. The molecule has 2 rings (SSSR count). The summed E-state index contributed by atoms with van der Waals surface area (Å²) in [6.45, 7) is 3.15. The topological polar surface area (TPSA) is 79.2 Å². The lowest BCUT2D eigenvalue weighted by molar-refractivity contribution is 0.0585. The predicted molar refractivity (Wildman–Crippen MR) is 79.5 cm³/mol. The van der Waals surface area contributed by atoms with Gasteiger partial charge in [0.25, 0.3) is 0 Å². The maximum absolute atomic E-state index is 12.4. The van der Waals surface area contributed by atoms with Crippen LogP contribution >= 0.6 is 11.6 Å². The predicted octanol–water partition coefficient (Wildman–Crippen LogP) is 2.31. The van der Waals surface area contributed by atoms with E-state index in [1.54, 1.807) is 0 Å². The molecule has 21 heavy (non-hydrogen) atoms. The number of hydrogen-bond acceptors (Lipinski definition) is 4. The van der Waals surface area contributed by atoms with E-state index in [-0.39, 0.29) is 27.4 Å². The molecule has 0 radical (unpaired) electrons. The SMILES string of the molecule is CC(NS(=O)(=O)c1cc(C#N)ccc1Cl)C1CCOCC1. The minimum atomic E-state index is -3.75. The molecule has 0 bridgehead atoms. The van der Waals surface area contributed by atoms with Gasteiger partial charge in [0.15, 0.2) is 0 Å². The van der Waals surface area contributed by atoms with Crippen LogP contribution in [0.4, 0.5) is 0 Å². The molecule has 1 N–H and O–H groups in total. The Bertz CT molecular complexity index is 649. The van der Waals surface area contributed by atoms with Gasteiger partial charge in [-0.05, 0) is 43.9 Å². The molecule has 1 atom stereocenters. The smallest absolute Gasteiger partial charge is 0.242 e. The number of hydrogen-bond donors (Lipinski definition) is 1. The second-order valence-corrected chi connectivity index (χ2v) is 7.21. The number of ether oxygens (including phenoxy) is 1. The number of nitrogens with one attached hydrogen (secondary N) is 1. The summed E-state index contributed by atoms with van der Waals surface area (Å²) in [4.78, 5) is -0.0536. The van der Waals surface area contributed by atoms with Gasteiger partial charge >= 0.3 is 0 Å². The van der Waals surface area contributed by atoms with Gasteiger partial charge in [0.2, 0.25) is 10.0 Å². The van der Waals surface area contributed by atoms with Gasteiger partial charge in [-0.3, -0.25) is 0 Å². The van der Waals surface area contributed by atoms with Crippen molar-refractivity contribution in [2.45, 2.75) is 30.7 Å². The van der Waals surface area contributed by atoms with Gasteiger partial charge < -0.3 is 4.74 Å². The zero-order valence-corrected chi connectivity index (χ0v) is 13.2. The van der Waals surface area contributed by atoms with E-state index in [4.69, 9.17) is 21.6 Å². The third-order valence-corrected chi connectivity index (χ3v) is 5.70. The van der Waals surface area contributed by atoms with Gasteiger partial charge in [0, 0.05) is 19.3 Å². The summed E-state index contributed by atoms with van der Waals surface area (Å²) < 4.78 is 32.8. The third kappa shape index (κ3) is 3.95. The van der Waals surface area contributed by atoms with Crippen LogP contribution in [0.3, 0.4) is 0 Å². The van der Waals surface area contributed by atoms with E-state index in [2.05, 4.69) is 4.72 Å². The Kier molecular flexibility index (Phi) is 5.22. The van der Waals surface area contributed by atoms with Crippen molar-refractivity contribution >= 4 is 21.6 Å². The van der Waals surface area contributed by atoms with Crippen molar-refractivity contribution in [2.24, 2.45) is 5.92 Å². The van der Waals surface area contributed by atoms with Gasteiger partial charge in [0.05, 0.1) is 16.7 Å². The number of sulfonamides is 1. The lowest BCUT2D eigenvalue weighted by Gasteiger charge is -2.28. The fraction of sp³-hybridized carbons (Fsp3) is 0.500. The Labute approximate surface area is 129 Å². The summed E-state index contributed by atoms with van der Waals surface area (Å²) in [5, 5.41) is 8.99. The monoisotopic (exact) mass is 328 g/mol. The zero-order chi connectivity index (χ0) is 15.5. The van der Waals surface area contributed by atoms with Gasteiger partial charge in [0.1, 0.15) is 4.90 Å². The average molecular weight is 329 g/mol. The first-order chi connectivity index (χ1) is 9.94. The maximum atomic E-state index is 12.4. The van der Waals surface area contributed by atoms with Crippen LogP contribution in [0.25, 0.3) is 0 Å². The van der Waals surface area contributed by atoms with Crippen LogP contribution < -0.4 is 4.72 Å². The molecule has 5 nitrogen and oxygen atoms in total. The van der Waals surface area contributed by atoms with Crippen LogP contribution in [0.15, 0.2) is 23.1 Å². The fourth-order valence-electron chi connectivity index (χ4n) is 2.40. The highest BCUT2D eigenvalue weighted by molar-refractivity contribution is 7.89. The zero-order valence-electron chi connectivity index (χ0n) is 11.7. The minimum absolute atomic E-state index is 0.0536. The van der Waals surface area contributed by atoms with Crippen molar-refractivity contribution in [2.75, 3.05) is 13.2 Å². The second kappa shape index (κ2) is 6.75. The summed E-state index contributed by atoms with van der Waals surface area (Å²) in [6.07, 6.45) is 1.66. The van der Waals surface area contributed by atoms with Crippen LogP contribution in [0, 0.1) is 17.2 Å². The molecule has 0 amide bonds. The van der Waals surface area contributed by atoms with Crippen molar-refractivity contribution < 1.29 is 13.2 Å². The average Bonchev–Trinajstić information content (AvgIpc) is 2.48. The molecule has 0 aliphatic carbocycles. The third-order valence-electron chi connectivity index (χ3n) is 3.66. The maximum Gasteiger partial charge on any atom is 0.242 e. The van der Waals surface area contributed by atoms with E-state index < -0.39 is 10.0 Å². The number of nitriles is 1. The van der Waals surface area contributed by atoms with Crippen LogP contribution in [-0.2, 0) is 14.8 Å². The number of rotatable bonds is 4. The van der Waals surface area contributed by atoms with Gasteiger partial charge in [-0.25, -0.2) is 13.1 Å². The molecule has 0 aromatic heterocycles. The lowest BCUT2D eigenvalue weighted by Crippen LogP contribution is -2.40. The fourth-order valence-corrected chi connectivity index (χ4v) is 4.24. The highest BCUT2D eigenvalue weighted by Crippen LogP contribution is 2.25. The van der Waals surface area contributed by atoms with E-state index in [1.165, 1.54) is 18.2 Å². The second-order valence-electron chi connectivity index (χ2n) is 5.12. The Balaban J connectivity index is 2.20. The first-order valence-electron chi connectivity index (χ1n) is 6.74. The first kappa shape index (κ1) is 16.2. The molecule has 1 aromatic carbocycles. The van der Waals surface area contributed by atoms with Crippen LogP contribution in [0.1, 0.15) is 25.3 Å². The van der Waals surface area contributed by atoms with Crippen LogP contribution in [-0.4, -0.2) is 27.7 Å². The Morgan fingerprint density at radius 3 is 2.71 bits per heavy atom. The molecule has 1 unspecified atom stereocenters. The summed E-state index contributed by atoms with van der Waals surface area (Å²) in [5.74, 6) is 0.242. The molecule has 0 saturated carbocycles. The molecule has 1 aromatic rings. The highest BCUT2D eigenvalue weighted by Gasteiger charge is 2.26. The standard InChI is InChI=1S/C14H17ClN2O3S/c1-10(12-4-6-20-7-5-12)17-21(18,19)14-8-11(9-16)2-3-13(14)15/h2-3,8,10,12,17H,4-7H2,1H3. The van der Waals surface area contributed by atoms with Crippen LogP contribution in [0.2, 0.25) is 5.02 Å². The molecule has 1 aliphatic rings. The van der Waals surface area contributed by atoms with Crippen molar-refractivity contribution in [1.82, 2.24) is 4.72 Å². The van der Waals surface area contributed by atoms with E-state index >= 15 is 0 Å². The highest BCUT2D eigenvalue weighted by atomic mass is 35.5. The summed E-state index contributed by atoms with van der Waals surface area (Å²) in [6, 6.07) is 5.92. The molecule has 1 aliphatic heterocycles. The molecule has 1 fully saturated rings. The molecule has 114 valence electrons. The lowest BCUT2D eigenvalue weighted by atomic mass is 9.94. The van der Waals surface area contributed by atoms with E-state index in [0.717, 1.165) is 12.8 Å². The molecule has 1 heterocycles. The van der Waals surface area contributed by atoms with Gasteiger partial charge in [-0.1, -0.05) is 11.6 Å². The molecular formula is C14H17ClN2O3S. The summed E-state index contributed by atoms with van der Waals surface area (Å²) in [5.41, 5.74) is 0.262. The summed E-state index contributed by atoms with van der Waals surface area (Å²) >= 11 is 5.96. The minimum Gasteiger partial charge on any atom is -0.381 e. The number of benzene rings is 1. The normalized spacial score (nSPS) is 18.1. The number of halogens is 1. The van der Waals surface area contributed by atoms with Crippen LogP contribution in [0.5, 0.6) is 0 Å². The van der Waals surface area contributed by atoms with Crippen molar-refractivity contribution in [3.63, 3.8) is 0 Å². The summed E-state index contributed by atoms with van der Waals surface area (Å²) in [7, 11) is -3.75. The van der Waals surface area contributed by atoms with Crippen molar-refractivity contribution in [1.29, 1.82) is 5.26 Å². The quantitative estimate of drug-likeness (QED) is 0.919. The largest absolute Gasteiger partial charge is 0.381 e.